The lowest BCUT2D eigenvalue weighted by Crippen LogP contribution is -2.24. The first-order valence-electron chi connectivity index (χ1n) is 9.17. The molecule has 1 aliphatic heterocycles. The molecule has 1 aliphatic rings. The van der Waals surface area contributed by atoms with Crippen molar-refractivity contribution in [2.45, 2.75) is 25.7 Å². The Morgan fingerprint density at radius 1 is 1.13 bits per heavy atom. The van der Waals surface area contributed by atoms with Gasteiger partial charge in [0.2, 0.25) is 5.13 Å². The number of ether oxygens (including phenoxy) is 1. The van der Waals surface area contributed by atoms with Crippen LogP contribution in [0.5, 0.6) is 5.75 Å². The van der Waals surface area contributed by atoms with Crippen LogP contribution in [-0.4, -0.2) is 29.0 Å². The smallest absolute Gasteiger partial charge is 0.406 e. The third kappa shape index (κ3) is 6.16. The van der Waals surface area contributed by atoms with Gasteiger partial charge in [-0.15, -0.1) is 35.8 Å². The van der Waals surface area contributed by atoms with E-state index in [1.807, 2.05) is 12.1 Å². The van der Waals surface area contributed by atoms with Crippen molar-refractivity contribution < 1.29 is 22.7 Å². The van der Waals surface area contributed by atoms with Crippen LogP contribution in [0, 0.1) is 0 Å². The number of nitrogens with zero attached hydrogens (tertiary/aromatic N) is 2. The zero-order valence-electron chi connectivity index (χ0n) is 16.0. The Labute approximate surface area is 186 Å². The predicted octanol–water partition coefficient (Wildman–Crippen LogP) is 4.35. The van der Waals surface area contributed by atoms with E-state index in [2.05, 4.69) is 25.6 Å². The predicted molar refractivity (Wildman–Crippen MR) is 113 cm³/mol. The molecule has 0 aliphatic carbocycles. The second kappa shape index (κ2) is 9.63. The van der Waals surface area contributed by atoms with E-state index in [0.717, 1.165) is 30.6 Å². The van der Waals surface area contributed by atoms with Gasteiger partial charge in [-0.2, -0.15) is 0 Å². The number of amides is 1. The van der Waals surface area contributed by atoms with Gasteiger partial charge in [-0.1, -0.05) is 29.5 Å². The summed E-state index contributed by atoms with van der Waals surface area (Å²) < 4.78 is 40.5. The maximum absolute atomic E-state index is 12.5. The molecule has 11 heteroatoms. The fourth-order valence-electron chi connectivity index (χ4n) is 3.15. The fraction of sp³-hybridized carbons (Fsp3) is 0.250. The number of aromatic nitrogens is 2. The van der Waals surface area contributed by atoms with Crippen molar-refractivity contribution in [1.29, 1.82) is 0 Å². The van der Waals surface area contributed by atoms with E-state index >= 15 is 0 Å². The molecule has 2 aromatic carbocycles. The van der Waals surface area contributed by atoms with Crippen LogP contribution in [0.1, 0.15) is 32.1 Å². The Balaban J connectivity index is 0.00000272. The van der Waals surface area contributed by atoms with Crippen LogP contribution < -0.4 is 15.4 Å². The Morgan fingerprint density at radius 3 is 2.65 bits per heavy atom. The van der Waals surface area contributed by atoms with Crippen LogP contribution in [0.25, 0.3) is 0 Å². The molecule has 0 radical (unpaired) electrons. The molecule has 31 heavy (non-hydrogen) atoms. The molecule has 0 saturated carbocycles. The van der Waals surface area contributed by atoms with Crippen molar-refractivity contribution in [3.63, 3.8) is 0 Å². The highest BCUT2D eigenvalue weighted by Gasteiger charge is 2.30. The molecule has 0 unspecified atom stereocenters. The topological polar surface area (TPSA) is 76.1 Å². The van der Waals surface area contributed by atoms with Gasteiger partial charge in [-0.3, -0.25) is 10.1 Å². The van der Waals surface area contributed by atoms with Gasteiger partial charge >= 0.3 is 6.36 Å². The van der Waals surface area contributed by atoms with Crippen LogP contribution in [0.4, 0.5) is 18.3 Å². The lowest BCUT2D eigenvalue weighted by molar-refractivity contribution is -0.274. The number of alkyl halides is 3. The van der Waals surface area contributed by atoms with Crippen LogP contribution in [-0.2, 0) is 19.4 Å². The summed E-state index contributed by atoms with van der Waals surface area (Å²) in [6.07, 6.45) is -3.46. The highest BCUT2D eigenvalue weighted by atomic mass is 35.5. The molecule has 4 rings (SSSR count). The number of benzene rings is 2. The third-order valence-corrected chi connectivity index (χ3v) is 5.39. The lowest BCUT2D eigenvalue weighted by Gasteiger charge is -2.17. The quantitative estimate of drug-likeness (QED) is 0.580. The standard InChI is InChI=1S/C20H17F3N4O2S.ClH/c21-20(22,23)29-16-5-1-12(2-6-16)9-17-26-27-19(30-17)25-18(28)14-3-4-15-11-24-8-7-13(15)10-14;/h1-6,10,24H,7-9,11H2,(H,25,27,28);1H. The number of carbonyl (C=O) groups is 1. The first-order valence-corrected chi connectivity index (χ1v) is 9.98. The van der Waals surface area contributed by atoms with Gasteiger partial charge in [0.1, 0.15) is 10.8 Å². The maximum Gasteiger partial charge on any atom is 0.573 e. The summed E-state index contributed by atoms with van der Waals surface area (Å²) >= 11 is 1.22. The Kier molecular flexibility index (Phi) is 7.14. The SMILES string of the molecule is Cl.O=C(Nc1nnc(Cc2ccc(OC(F)(F)F)cc2)s1)c1ccc2c(c1)CCNC2. The van der Waals surface area contributed by atoms with Crippen LogP contribution in [0.3, 0.4) is 0 Å². The van der Waals surface area contributed by atoms with Crippen LogP contribution in [0.15, 0.2) is 42.5 Å². The summed E-state index contributed by atoms with van der Waals surface area (Å²) in [5.74, 6) is -0.537. The van der Waals surface area contributed by atoms with E-state index in [-0.39, 0.29) is 24.1 Å². The molecule has 3 aromatic rings. The monoisotopic (exact) mass is 470 g/mol. The van der Waals surface area contributed by atoms with Gasteiger partial charge in [-0.25, -0.2) is 0 Å². The molecule has 1 amide bonds. The molecule has 0 bridgehead atoms. The summed E-state index contributed by atoms with van der Waals surface area (Å²) in [6, 6.07) is 11.2. The van der Waals surface area contributed by atoms with Crippen molar-refractivity contribution in [3.05, 3.63) is 69.7 Å². The molecule has 164 valence electrons. The largest absolute Gasteiger partial charge is 0.573 e. The van der Waals surface area contributed by atoms with Gasteiger partial charge in [0, 0.05) is 18.5 Å². The number of nitrogens with one attached hydrogen (secondary N) is 2. The zero-order valence-corrected chi connectivity index (χ0v) is 17.7. The molecular formula is C20H18ClF3N4O2S. The number of hydrogen-bond donors (Lipinski definition) is 2. The van der Waals surface area contributed by atoms with E-state index in [4.69, 9.17) is 0 Å². The van der Waals surface area contributed by atoms with Crippen molar-refractivity contribution in [2.75, 3.05) is 11.9 Å². The first kappa shape index (κ1) is 23.0. The van der Waals surface area contributed by atoms with Gasteiger partial charge < -0.3 is 10.1 Å². The van der Waals surface area contributed by atoms with E-state index in [1.165, 1.54) is 41.2 Å². The average Bonchev–Trinajstić information content (AvgIpc) is 3.14. The van der Waals surface area contributed by atoms with Crippen LogP contribution in [0.2, 0.25) is 0 Å². The van der Waals surface area contributed by atoms with Gasteiger partial charge in [0.05, 0.1) is 0 Å². The third-order valence-electron chi connectivity index (χ3n) is 4.55. The Morgan fingerprint density at radius 2 is 1.90 bits per heavy atom. The van der Waals surface area contributed by atoms with Crippen molar-refractivity contribution >= 4 is 34.8 Å². The lowest BCUT2D eigenvalue weighted by atomic mass is 9.98. The molecule has 0 atom stereocenters. The summed E-state index contributed by atoms with van der Waals surface area (Å²) in [7, 11) is 0. The number of anilines is 1. The summed E-state index contributed by atoms with van der Waals surface area (Å²) in [5.41, 5.74) is 3.68. The first-order chi connectivity index (χ1) is 14.4. The average molecular weight is 471 g/mol. The zero-order chi connectivity index (χ0) is 21.1. The van der Waals surface area contributed by atoms with Crippen molar-refractivity contribution in [3.8, 4) is 5.75 Å². The minimum Gasteiger partial charge on any atom is -0.406 e. The van der Waals surface area contributed by atoms with Gasteiger partial charge in [0.15, 0.2) is 0 Å². The minimum absolute atomic E-state index is 0. The van der Waals surface area contributed by atoms with E-state index in [0.29, 0.717) is 22.1 Å². The van der Waals surface area contributed by atoms with Gasteiger partial charge in [0.25, 0.3) is 5.91 Å². The summed E-state index contributed by atoms with van der Waals surface area (Å²) in [4.78, 5) is 12.5. The number of fused-ring (bicyclic) bond motifs is 1. The Bertz CT molecular complexity index is 1060. The number of rotatable bonds is 5. The Hall–Kier alpha value is -2.69. The molecule has 0 fully saturated rings. The van der Waals surface area contributed by atoms with Crippen molar-refractivity contribution in [2.24, 2.45) is 0 Å². The molecular weight excluding hydrogens is 453 g/mol. The number of hydrogen-bond acceptors (Lipinski definition) is 6. The maximum atomic E-state index is 12.5. The minimum atomic E-state index is -4.72. The molecule has 0 spiro atoms. The number of halogens is 4. The normalized spacial score (nSPS) is 13.1. The van der Waals surface area contributed by atoms with Gasteiger partial charge in [-0.05, 0) is 53.9 Å². The molecule has 2 heterocycles. The molecule has 0 saturated heterocycles. The van der Waals surface area contributed by atoms with E-state index in [1.54, 1.807) is 6.07 Å². The summed E-state index contributed by atoms with van der Waals surface area (Å²) in [6.45, 7) is 1.70. The highest BCUT2D eigenvalue weighted by molar-refractivity contribution is 7.15. The fourth-order valence-corrected chi connectivity index (χ4v) is 3.92. The number of carbonyl (C=O) groups excluding carboxylic acids is 1. The molecule has 2 N–H and O–H groups in total. The van der Waals surface area contributed by atoms with Crippen LogP contribution >= 0.6 is 23.7 Å². The van der Waals surface area contributed by atoms with E-state index in [9.17, 15) is 18.0 Å². The van der Waals surface area contributed by atoms with Crippen molar-refractivity contribution in [1.82, 2.24) is 15.5 Å². The molecule has 1 aromatic heterocycles. The second-order valence-electron chi connectivity index (χ2n) is 6.73. The second-order valence-corrected chi connectivity index (χ2v) is 7.80. The highest BCUT2D eigenvalue weighted by Crippen LogP contribution is 2.25. The van der Waals surface area contributed by atoms with E-state index < -0.39 is 6.36 Å². The summed E-state index contributed by atoms with van der Waals surface area (Å²) in [5, 5.41) is 15.1. The molecule has 6 nitrogen and oxygen atoms in total.